The molecule has 16 heavy (non-hydrogen) atoms. The van der Waals surface area contributed by atoms with Crippen molar-refractivity contribution in [1.29, 1.82) is 0 Å². The second-order valence-electron chi connectivity index (χ2n) is 6.01. The van der Waals surface area contributed by atoms with Crippen LogP contribution < -0.4 is 0 Å². The maximum atomic E-state index is 2.44. The van der Waals surface area contributed by atoms with E-state index < -0.39 is 0 Å². The van der Waals surface area contributed by atoms with Gasteiger partial charge >= 0.3 is 0 Å². The highest BCUT2D eigenvalue weighted by Gasteiger charge is 2.13. The van der Waals surface area contributed by atoms with Gasteiger partial charge in [0, 0.05) is 0 Å². The lowest BCUT2D eigenvalue weighted by Gasteiger charge is -2.21. The van der Waals surface area contributed by atoms with Crippen molar-refractivity contribution < 1.29 is 0 Å². The van der Waals surface area contributed by atoms with Crippen LogP contribution in [0.1, 0.15) is 65.2 Å². The van der Waals surface area contributed by atoms with Gasteiger partial charge in [0.1, 0.15) is 0 Å². The molecule has 2 aliphatic rings. The van der Waals surface area contributed by atoms with Crippen LogP contribution in [0.2, 0.25) is 0 Å². The molecule has 0 spiro atoms. The first-order valence-electron chi connectivity index (χ1n) is 7.11. The van der Waals surface area contributed by atoms with Gasteiger partial charge in [-0.25, -0.2) is 0 Å². The van der Waals surface area contributed by atoms with Crippen molar-refractivity contribution in [1.82, 2.24) is 0 Å². The first-order valence-corrected chi connectivity index (χ1v) is 7.11. The molecular weight excluding hydrogens is 192 g/mol. The Hall–Kier alpha value is -0.520. The highest BCUT2D eigenvalue weighted by molar-refractivity contribution is 5.20. The van der Waals surface area contributed by atoms with Crippen LogP contribution in [0.5, 0.6) is 0 Å². The lowest BCUT2D eigenvalue weighted by atomic mass is 9.85. The second-order valence-corrected chi connectivity index (χ2v) is 6.01. The third kappa shape index (κ3) is 3.50. The van der Waals surface area contributed by atoms with E-state index in [1.807, 2.05) is 0 Å². The Kier molecular flexibility index (Phi) is 4.26. The Bertz CT molecular complexity index is 232. The van der Waals surface area contributed by atoms with Gasteiger partial charge in [0.2, 0.25) is 0 Å². The molecule has 2 fully saturated rings. The van der Waals surface area contributed by atoms with Crippen molar-refractivity contribution in [3.63, 3.8) is 0 Å². The van der Waals surface area contributed by atoms with Gasteiger partial charge in [0.15, 0.2) is 0 Å². The maximum Gasteiger partial charge on any atom is -0.0315 e. The van der Waals surface area contributed by atoms with E-state index in [9.17, 15) is 0 Å². The van der Waals surface area contributed by atoms with Gasteiger partial charge in [0.05, 0.1) is 0 Å². The average Bonchev–Trinajstić information content (AvgIpc) is 2.30. The Morgan fingerprint density at radius 3 is 1.31 bits per heavy atom. The molecule has 0 atom stereocenters. The summed E-state index contributed by atoms with van der Waals surface area (Å²) in [5, 5.41) is 0. The molecule has 0 radical (unpaired) electrons. The second kappa shape index (κ2) is 5.70. The minimum Gasteiger partial charge on any atom is -0.0702 e. The van der Waals surface area contributed by atoms with Crippen LogP contribution in [0.4, 0.5) is 0 Å². The number of hydrogen-bond acceptors (Lipinski definition) is 0. The molecule has 0 heterocycles. The molecule has 0 heteroatoms. The first kappa shape index (κ1) is 12.0. The SMILES string of the molecule is CC1CCC(=CC=C2CCC(C)CC2)CC1. The molecule has 0 unspecified atom stereocenters. The molecule has 0 nitrogen and oxygen atoms in total. The third-order valence-corrected chi connectivity index (χ3v) is 4.39. The Morgan fingerprint density at radius 1 is 0.688 bits per heavy atom. The lowest BCUT2D eigenvalue weighted by Crippen LogP contribution is -2.05. The van der Waals surface area contributed by atoms with E-state index in [2.05, 4.69) is 26.0 Å². The highest BCUT2D eigenvalue weighted by Crippen LogP contribution is 2.30. The largest absolute Gasteiger partial charge is 0.0702 e. The predicted molar refractivity (Wildman–Crippen MR) is 71.4 cm³/mol. The topological polar surface area (TPSA) is 0 Å². The van der Waals surface area contributed by atoms with Crippen LogP contribution in [0, 0.1) is 11.8 Å². The molecule has 90 valence electrons. The molecule has 0 N–H and O–H groups in total. The van der Waals surface area contributed by atoms with Gasteiger partial charge < -0.3 is 0 Å². The summed E-state index contributed by atoms with van der Waals surface area (Å²) in [4.78, 5) is 0. The van der Waals surface area contributed by atoms with Gasteiger partial charge in [-0.2, -0.15) is 0 Å². The van der Waals surface area contributed by atoms with Crippen molar-refractivity contribution >= 4 is 0 Å². The molecule has 0 aliphatic heterocycles. The Balaban J connectivity index is 1.85. The molecule has 0 aromatic heterocycles. The fraction of sp³-hybridized carbons (Fsp3) is 0.750. The molecule has 2 rings (SSSR count). The fourth-order valence-electron chi connectivity index (χ4n) is 2.83. The standard InChI is InChI=1S/C16H26/c1-13-3-7-15(8-4-13)11-12-16-9-5-14(2)6-10-16/h11-14H,3-10H2,1-2H3. The van der Waals surface area contributed by atoms with Crippen molar-refractivity contribution in [2.45, 2.75) is 65.2 Å². The normalized spacial score (nSPS) is 31.4. The zero-order valence-corrected chi connectivity index (χ0v) is 11.0. The summed E-state index contributed by atoms with van der Waals surface area (Å²) in [6.45, 7) is 4.77. The van der Waals surface area contributed by atoms with E-state index in [-0.39, 0.29) is 0 Å². The summed E-state index contributed by atoms with van der Waals surface area (Å²) in [5.74, 6) is 1.92. The van der Waals surface area contributed by atoms with E-state index in [0.717, 1.165) is 11.8 Å². The lowest BCUT2D eigenvalue weighted by molar-refractivity contribution is 0.441. The molecule has 0 aromatic rings. The molecule has 0 saturated heterocycles. The summed E-state index contributed by atoms with van der Waals surface area (Å²) in [6.07, 6.45) is 15.9. The summed E-state index contributed by atoms with van der Waals surface area (Å²) in [6, 6.07) is 0. The molecule has 2 saturated carbocycles. The maximum absolute atomic E-state index is 2.44. The summed E-state index contributed by atoms with van der Waals surface area (Å²) < 4.78 is 0. The van der Waals surface area contributed by atoms with Crippen LogP contribution >= 0.6 is 0 Å². The van der Waals surface area contributed by atoms with Gasteiger partial charge in [-0.15, -0.1) is 0 Å². The van der Waals surface area contributed by atoms with Crippen molar-refractivity contribution in [3.8, 4) is 0 Å². The Labute approximate surface area is 101 Å². The van der Waals surface area contributed by atoms with Crippen molar-refractivity contribution in [2.24, 2.45) is 11.8 Å². The van der Waals surface area contributed by atoms with E-state index >= 15 is 0 Å². The monoisotopic (exact) mass is 218 g/mol. The number of rotatable bonds is 1. The van der Waals surface area contributed by atoms with Crippen molar-refractivity contribution in [3.05, 3.63) is 23.3 Å². The van der Waals surface area contributed by atoms with Gasteiger partial charge in [0.25, 0.3) is 0 Å². The Morgan fingerprint density at radius 2 is 1.00 bits per heavy atom. The van der Waals surface area contributed by atoms with E-state index in [1.54, 1.807) is 11.1 Å². The molecule has 0 amide bonds. The highest BCUT2D eigenvalue weighted by atomic mass is 14.2. The van der Waals surface area contributed by atoms with Crippen LogP contribution in [0.15, 0.2) is 23.3 Å². The third-order valence-electron chi connectivity index (χ3n) is 4.39. The first-order chi connectivity index (χ1) is 7.74. The quantitative estimate of drug-likeness (QED) is 0.563. The van der Waals surface area contributed by atoms with Gasteiger partial charge in [-0.05, 0) is 63.2 Å². The van der Waals surface area contributed by atoms with Crippen LogP contribution in [0.25, 0.3) is 0 Å². The number of allylic oxidation sites excluding steroid dienone is 4. The minimum atomic E-state index is 0.959. The molecular formula is C16H26. The van der Waals surface area contributed by atoms with E-state index in [0.29, 0.717) is 0 Å². The van der Waals surface area contributed by atoms with Crippen LogP contribution in [0.3, 0.4) is 0 Å². The van der Waals surface area contributed by atoms with Crippen LogP contribution in [-0.4, -0.2) is 0 Å². The summed E-state index contributed by atoms with van der Waals surface area (Å²) in [5.41, 5.74) is 3.40. The molecule has 0 aromatic carbocycles. The van der Waals surface area contributed by atoms with E-state index in [4.69, 9.17) is 0 Å². The molecule has 0 bridgehead atoms. The minimum absolute atomic E-state index is 0.959. The fourth-order valence-corrected chi connectivity index (χ4v) is 2.83. The predicted octanol–water partition coefficient (Wildman–Crippen LogP) is 5.26. The smallest absolute Gasteiger partial charge is 0.0315 e. The number of hydrogen-bond donors (Lipinski definition) is 0. The average molecular weight is 218 g/mol. The summed E-state index contributed by atoms with van der Waals surface area (Å²) >= 11 is 0. The van der Waals surface area contributed by atoms with Gasteiger partial charge in [-0.1, -0.05) is 37.1 Å². The summed E-state index contributed by atoms with van der Waals surface area (Å²) in [7, 11) is 0. The zero-order valence-electron chi connectivity index (χ0n) is 11.0. The van der Waals surface area contributed by atoms with E-state index in [1.165, 1.54) is 51.4 Å². The van der Waals surface area contributed by atoms with Gasteiger partial charge in [-0.3, -0.25) is 0 Å². The molecule has 2 aliphatic carbocycles. The zero-order chi connectivity index (χ0) is 11.4. The van der Waals surface area contributed by atoms with Crippen LogP contribution in [-0.2, 0) is 0 Å². The van der Waals surface area contributed by atoms with Crippen molar-refractivity contribution in [2.75, 3.05) is 0 Å².